The molecule has 4 nitrogen and oxygen atoms in total. The van der Waals surface area contributed by atoms with Crippen LogP contribution in [0.5, 0.6) is 0 Å². The first-order valence-electron chi connectivity index (χ1n) is 7.35. The summed E-state index contributed by atoms with van der Waals surface area (Å²) in [4.78, 5) is 24.6. The highest BCUT2D eigenvalue weighted by Gasteiger charge is 2.10. The minimum absolute atomic E-state index is 0.165. The van der Waals surface area contributed by atoms with Crippen LogP contribution >= 0.6 is 27.7 Å². The second-order valence-corrected chi connectivity index (χ2v) is 7.23. The fraction of sp³-hybridized carbons (Fsp3) is 0.222. The minimum Gasteiger partial charge on any atom is -0.455 e. The summed E-state index contributed by atoms with van der Waals surface area (Å²) in [6.07, 6.45) is 0. The van der Waals surface area contributed by atoms with E-state index in [-0.39, 0.29) is 18.3 Å². The van der Waals surface area contributed by atoms with Crippen LogP contribution in [0.3, 0.4) is 0 Å². The van der Waals surface area contributed by atoms with E-state index in [1.165, 1.54) is 11.8 Å². The maximum Gasteiger partial charge on any atom is 0.316 e. The molecule has 0 fully saturated rings. The predicted octanol–water partition coefficient (Wildman–Crippen LogP) is 4.34. The predicted molar refractivity (Wildman–Crippen MR) is 100 cm³/mol. The lowest BCUT2D eigenvalue weighted by atomic mass is 10.1. The molecule has 2 rings (SSSR count). The Labute approximate surface area is 154 Å². The topological polar surface area (TPSA) is 55.4 Å². The number of carbonyl (C=O) groups excluding carboxylic acids is 2. The van der Waals surface area contributed by atoms with Gasteiger partial charge in [0.1, 0.15) is 0 Å². The average Bonchev–Trinajstić information content (AvgIpc) is 2.56. The number of anilines is 1. The zero-order valence-electron chi connectivity index (χ0n) is 13.5. The number of amides is 1. The summed E-state index contributed by atoms with van der Waals surface area (Å²) in [6, 6.07) is 13.4. The van der Waals surface area contributed by atoms with Crippen LogP contribution in [-0.4, -0.2) is 24.2 Å². The zero-order chi connectivity index (χ0) is 17.5. The molecule has 2 aromatic carbocycles. The molecular formula is C18H18BrNO3S. The molecule has 6 heteroatoms. The van der Waals surface area contributed by atoms with Crippen LogP contribution < -0.4 is 5.32 Å². The number of esters is 1. The molecule has 0 radical (unpaired) electrons. The molecular weight excluding hydrogens is 390 g/mol. The Morgan fingerprint density at radius 1 is 1.12 bits per heavy atom. The summed E-state index contributed by atoms with van der Waals surface area (Å²) in [5.74, 6) is -0.594. The molecule has 24 heavy (non-hydrogen) atoms. The Hall–Kier alpha value is -1.79. The first-order valence-corrected chi connectivity index (χ1v) is 9.13. The number of thioether (sulfide) groups is 1. The highest BCUT2D eigenvalue weighted by atomic mass is 79.9. The van der Waals surface area contributed by atoms with E-state index in [1.807, 2.05) is 56.3 Å². The summed E-state index contributed by atoms with van der Waals surface area (Å²) >= 11 is 4.73. The van der Waals surface area contributed by atoms with Crippen LogP contribution in [0.2, 0.25) is 0 Å². The molecule has 2 aromatic rings. The molecule has 0 aliphatic heterocycles. The number of rotatable bonds is 6. The summed E-state index contributed by atoms with van der Waals surface area (Å²) in [7, 11) is 0. The number of halogens is 1. The third-order valence-electron chi connectivity index (χ3n) is 3.20. The number of ether oxygens (including phenoxy) is 1. The zero-order valence-corrected chi connectivity index (χ0v) is 15.9. The van der Waals surface area contributed by atoms with Crippen LogP contribution in [0, 0.1) is 13.8 Å². The maximum atomic E-state index is 11.9. The van der Waals surface area contributed by atoms with Crippen molar-refractivity contribution < 1.29 is 14.3 Å². The second-order valence-electron chi connectivity index (χ2n) is 5.27. The number of hydrogen-bond acceptors (Lipinski definition) is 4. The maximum absolute atomic E-state index is 11.9. The van der Waals surface area contributed by atoms with Gasteiger partial charge in [0.05, 0.1) is 5.75 Å². The molecule has 0 aliphatic carbocycles. The summed E-state index contributed by atoms with van der Waals surface area (Å²) < 4.78 is 5.99. The van der Waals surface area contributed by atoms with Crippen LogP contribution in [-0.2, 0) is 14.3 Å². The normalized spacial score (nSPS) is 10.3. The lowest BCUT2D eigenvalue weighted by Gasteiger charge is -2.10. The van der Waals surface area contributed by atoms with E-state index >= 15 is 0 Å². The van der Waals surface area contributed by atoms with Gasteiger partial charge in [-0.2, -0.15) is 0 Å². The first-order chi connectivity index (χ1) is 11.4. The summed E-state index contributed by atoms with van der Waals surface area (Å²) in [5.41, 5.74) is 2.75. The molecule has 1 N–H and O–H groups in total. The van der Waals surface area contributed by atoms with Gasteiger partial charge >= 0.3 is 5.97 Å². The van der Waals surface area contributed by atoms with Crippen molar-refractivity contribution >= 4 is 45.3 Å². The fourth-order valence-corrected chi connectivity index (χ4v) is 2.88. The third-order valence-corrected chi connectivity index (χ3v) is 4.72. The van der Waals surface area contributed by atoms with E-state index in [4.69, 9.17) is 4.74 Å². The molecule has 1 amide bonds. The third kappa shape index (κ3) is 6.02. The minimum atomic E-state index is -0.418. The molecule has 0 unspecified atom stereocenters. The SMILES string of the molecule is Cc1ccc(C)c(NC(=O)COC(=O)CSc2ccc(Br)cc2)c1. The van der Waals surface area contributed by atoms with E-state index in [2.05, 4.69) is 21.2 Å². The van der Waals surface area contributed by atoms with Crippen molar-refractivity contribution in [1.29, 1.82) is 0 Å². The van der Waals surface area contributed by atoms with E-state index in [0.29, 0.717) is 0 Å². The number of nitrogens with one attached hydrogen (secondary N) is 1. The van der Waals surface area contributed by atoms with Crippen LogP contribution in [0.1, 0.15) is 11.1 Å². The Morgan fingerprint density at radius 3 is 2.54 bits per heavy atom. The first kappa shape index (κ1) is 18.5. The van der Waals surface area contributed by atoms with Gasteiger partial charge < -0.3 is 10.1 Å². The van der Waals surface area contributed by atoms with Crippen molar-refractivity contribution in [2.24, 2.45) is 0 Å². The molecule has 0 saturated heterocycles. The van der Waals surface area contributed by atoms with Gasteiger partial charge in [-0.1, -0.05) is 28.1 Å². The molecule has 0 saturated carbocycles. The molecule has 0 heterocycles. The van der Waals surface area contributed by atoms with Gasteiger partial charge in [0.2, 0.25) is 0 Å². The van der Waals surface area contributed by atoms with Gasteiger partial charge in [-0.15, -0.1) is 11.8 Å². The highest BCUT2D eigenvalue weighted by Crippen LogP contribution is 2.20. The van der Waals surface area contributed by atoms with Gasteiger partial charge in [-0.3, -0.25) is 9.59 Å². The van der Waals surface area contributed by atoms with Gasteiger partial charge in [-0.25, -0.2) is 0 Å². The van der Waals surface area contributed by atoms with Crippen LogP contribution in [0.4, 0.5) is 5.69 Å². The van der Waals surface area contributed by atoms with Crippen LogP contribution in [0.15, 0.2) is 51.8 Å². The summed E-state index contributed by atoms with van der Waals surface area (Å²) in [5, 5.41) is 2.76. The van der Waals surface area contributed by atoms with Crippen molar-refractivity contribution in [2.45, 2.75) is 18.7 Å². The van der Waals surface area contributed by atoms with Gasteiger partial charge in [0.15, 0.2) is 6.61 Å². The Balaban J connectivity index is 1.75. The number of benzene rings is 2. The molecule has 0 spiro atoms. The monoisotopic (exact) mass is 407 g/mol. The van der Waals surface area contributed by atoms with Crippen molar-refractivity contribution in [2.75, 3.05) is 17.7 Å². The number of hydrogen-bond donors (Lipinski definition) is 1. The largest absolute Gasteiger partial charge is 0.455 e. The summed E-state index contributed by atoms with van der Waals surface area (Å²) in [6.45, 7) is 3.58. The smallest absolute Gasteiger partial charge is 0.316 e. The number of carbonyl (C=O) groups is 2. The van der Waals surface area contributed by atoms with Crippen LogP contribution in [0.25, 0.3) is 0 Å². The van der Waals surface area contributed by atoms with Crippen molar-refractivity contribution in [3.8, 4) is 0 Å². The van der Waals surface area contributed by atoms with Gasteiger partial charge in [0.25, 0.3) is 5.91 Å². The van der Waals surface area contributed by atoms with E-state index in [9.17, 15) is 9.59 Å². The lowest BCUT2D eigenvalue weighted by molar-refractivity contribution is -0.144. The molecule has 0 bridgehead atoms. The molecule has 126 valence electrons. The Morgan fingerprint density at radius 2 is 1.83 bits per heavy atom. The molecule has 0 atom stereocenters. The highest BCUT2D eigenvalue weighted by molar-refractivity contribution is 9.10. The average molecular weight is 408 g/mol. The fourth-order valence-electron chi connectivity index (χ4n) is 1.92. The van der Waals surface area contributed by atoms with E-state index < -0.39 is 5.97 Å². The van der Waals surface area contributed by atoms with E-state index in [0.717, 1.165) is 26.2 Å². The Bertz CT molecular complexity index is 732. The quantitative estimate of drug-likeness (QED) is 0.571. The Kier molecular flexibility index (Phi) is 6.87. The van der Waals surface area contributed by atoms with Crippen molar-refractivity contribution in [3.05, 3.63) is 58.1 Å². The second kappa shape index (κ2) is 8.89. The van der Waals surface area contributed by atoms with E-state index in [1.54, 1.807) is 0 Å². The standard InChI is InChI=1S/C18H18BrNO3S/c1-12-3-4-13(2)16(9-12)20-17(21)10-23-18(22)11-24-15-7-5-14(19)6-8-15/h3-9H,10-11H2,1-2H3,(H,20,21). The number of aryl methyl sites for hydroxylation is 2. The van der Waals surface area contributed by atoms with Crippen molar-refractivity contribution in [1.82, 2.24) is 0 Å². The molecule has 0 aromatic heterocycles. The van der Waals surface area contributed by atoms with Gasteiger partial charge in [-0.05, 0) is 55.3 Å². The van der Waals surface area contributed by atoms with Gasteiger partial charge in [0, 0.05) is 15.1 Å². The van der Waals surface area contributed by atoms with Crippen molar-refractivity contribution in [3.63, 3.8) is 0 Å². The lowest BCUT2D eigenvalue weighted by Crippen LogP contribution is -2.22. The molecule has 0 aliphatic rings.